The van der Waals surface area contributed by atoms with Gasteiger partial charge < -0.3 is 9.26 Å². The number of nitrogens with zero attached hydrogens (tertiary/aromatic N) is 5. The molecule has 30 heavy (non-hydrogen) atoms. The minimum absolute atomic E-state index is 0.622. The first-order chi connectivity index (χ1) is 14.8. The summed E-state index contributed by atoms with van der Waals surface area (Å²) in [6.07, 6.45) is 3.46. The Bertz CT molecular complexity index is 1100. The van der Waals surface area contributed by atoms with E-state index in [0.717, 1.165) is 45.8 Å². The average molecular weight is 440 g/mol. The van der Waals surface area contributed by atoms with E-state index >= 15 is 0 Å². The summed E-state index contributed by atoms with van der Waals surface area (Å²) in [5.74, 6) is 3.70. The van der Waals surface area contributed by atoms with Crippen LogP contribution in [0.3, 0.4) is 0 Å². The maximum absolute atomic E-state index is 5.48. The molecule has 0 unspecified atom stereocenters. The van der Waals surface area contributed by atoms with Gasteiger partial charge in [-0.1, -0.05) is 41.2 Å². The van der Waals surface area contributed by atoms with Gasteiger partial charge in [-0.2, -0.15) is 4.98 Å². The van der Waals surface area contributed by atoms with Crippen molar-refractivity contribution in [1.82, 2.24) is 24.9 Å². The second-order valence-electron chi connectivity index (χ2n) is 6.35. The zero-order valence-electron chi connectivity index (χ0n) is 16.5. The number of rotatable bonds is 10. The summed E-state index contributed by atoms with van der Waals surface area (Å²) < 4.78 is 12.9. The monoisotopic (exact) mass is 439 g/mol. The normalized spacial score (nSPS) is 11.0. The van der Waals surface area contributed by atoms with Crippen LogP contribution < -0.4 is 4.74 Å². The molecule has 9 heteroatoms. The Kier molecular flexibility index (Phi) is 6.60. The van der Waals surface area contributed by atoms with Crippen molar-refractivity contribution in [3.8, 4) is 27.8 Å². The number of benzene rings is 1. The molecule has 1 aromatic carbocycles. The van der Waals surface area contributed by atoms with Gasteiger partial charge in [-0.3, -0.25) is 4.57 Å². The third-order valence-corrected chi connectivity index (χ3v) is 6.27. The summed E-state index contributed by atoms with van der Waals surface area (Å²) in [7, 11) is 1.66. The van der Waals surface area contributed by atoms with E-state index in [0.29, 0.717) is 18.3 Å². The zero-order valence-corrected chi connectivity index (χ0v) is 18.2. The van der Waals surface area contributed by atoms with Gasteiger partial charge in [0, 0.05) is 18.7 Å². The van der Waals surface area contributed by atoms with Crippen molar-refractivity contribution in [2.75, 3.05) is 12.9 Å². The second-order valence-corrected chi connectivity index (χ2v) is 8.36. The number of ether oxygens (including phenoxy) is 1. The van der Waals surface area contributed by atoms with Crippen LogP contribution in [0.1, 0.15) is 12.3 Å². The first-order valence-corrected chi connectivity index (χ1v) is 11.3. The largest absolute Gasteiger partial charge is 0.496 e. The smallest absolute Gasteiger partial charge is 0.227 e. The van der Waals surface area contributed by atoms with Crippen LogP contribution in [-0.4, -0.2) is 37.8 Å². The van der Waals surface area contributed by atoms with Gasteiger partial charge in [0.15, 0.2) is 11.0 Å². The predicted octanol–water partition coefficient (Wildman–Crippen LogP) is 4.98. The average Bonchev–Trinajstić information content (AvgIpc) is 3.53. The standard InChI is InChI=1S/C21H21N5O2S2/c1-3-12-26-20(15-8-4-5-9-16(15)27-2)23-24-21(26)30-14-7-11-18-22-19(25-28-18)17-10-6-13-29-17/h3-6,8-10,13H,1,7,11-12,14H2,2H3. The lowest BCUT2D eigenvalue weighted by Gasteiger charge is -2.10. The van der Waals surface area contributed by atoms with Crippen molar-refractivity contribution < 1.29 is 9.26 Å². The number of hydrogen-bond acceptors (Lipinski definition) is 8. The van der Waals surface area contributed by atoms with Crippen LogP contribution >= 0.6 is 23.1 Å². The molecule has 0 spiro atoms. The molecule has 0 saturated carbocycles. The zero-order chi connectivity index (χ0) is 20.8. The summed E-state index contributed by atoms with van der Waals surface area (Å²) in [6.45, 7) is 4.49. The van der Waals surface area contributed by atoms with Crippen LogP contribution in [0.15, 0.2) is 64.1 Å². The number of para-hydroxylation sites is 1. The van der Waals surface area contributed by atoms with Crippen molar-refractivity contribution in [3.05, 3.63) is 60.3 Å². The van der Waals surface area contributed by atoms with E-state index in [4.69, 9.17) is 9.26 Å². The molecule has 0 aliphatic rings. The van der Waals surface area contributed by atoms with E-state index in [1.54, 1.807) is 30.2 Å². The minimum Gasteiger partial charge on any atom is -0.496 e. The Hall–Kier alpha value is -2.91. The van der Waals surface area contributed by atoms with Gasteiger partial charge in [0.25, 0.3) is 0 Å². The van der Waals surface area contributed by atoms with Crippen molar-refractivity contribution in [2.24, 2.45) is 0 Å². The van der Waals surface area contributed by atoms with Crippen LogP contribution in [-0.2, 0) is 13.0 Å². The van der Waals surface area contributed by atoms with Crippen molar-refractivity contribution >= 4 is 23.1 Å². The lowest BCUT2D eigenvalue weighted by Crippen LogP contribution is -2.02. The topological polar surface area (TPSA) is 78.9 Å². The van der Waals surface area contributed by atoms with Gasteiger partial charge in [-0.05, 0) is 30.0 Å². The Morgan fingerprint density at radius 3 is 2.93 bits per heavy atom. The maximum atomic E-state index is 5.48. The van der Waals surface area contributed by atoms with Gasteiger partial charge in [0.2, 0.25) is 11.7 Å². The summed E-state index contributed by atoms with van der Waals surface area (Å²) in [4.78, 5) is 5.48. The molecule has 0 atom stereocenters. The molecule has 0 N–H and O–H groups in total. The number of hydrogen-bond donors (Lipinski definition) is 0. The van der Waals surface area contributed by atoms with E-state index in [2.05, 4.69) is 31.5 Å². The number of thiophene rings is 1. The molecule has 0 saturated heterocycles. The molecule has 3 aromatic heterocycles. The van der Waals surface area contributed by atoms with Crippen LogP contribution in [0.25, 0.3) is 22.1 Å². The molecule has 3 heterocycles. The number of aryl methyl sites for hydroxylation is 1. The van der Waals surface area contributed by atoms with Crippen LogP contribution in [0.4, 0.5) is 0 Å². The lowest BCUT2D eigenvalue weighted by molar-refractivity contribution is 0.378. The molecule has 0 radical (unpaired) electrons. The molecular weight excluding hydrogens is 418 g/mol. The van der Waals surface area contributed by atoms with Crippen LogP contribution in [0.2, 0.25) is 0 Å². The van der Waals surface area contributed by atoms with E-state index in [1.165, 1.54) is 0 Å². The molecule has 154 valence electrons. The Labute approximate surface area is 182 Å². The number of allylic oxidation sites excluding steroid dienone is 1. The third kappa shape index (κ3) is 4.47. The van der Waals surface area contributed by atoms with Crippen LogP contribution in [0, 0.1) is 0 Å². The highest BCUT2D eigenvalue weighted by molar-refractivity contribution is 7.99. The fourth-order valence-electron chi connectivity index (χ4n) is 2.97. The van der Waals surface area contributed by atoms with Crippen molar-refractivity contribution in [3.63, 3.8) is 0 Å². The first-order valence-electron chi connectivity index (χ1n) is 9.47. The van der Waals surface area contributed by atoms with Gasteiger partial charge >= 0.3 is 0 Å². The number of thioether (sulfide) groups is 1. The minimum atomic E-state index is 0.622. The Morgan fingerprint density at radius 2 is 2.13 bits per heavy atom. The molecule has 0 fully saturated rings. The molecule has 0 aliphatic carbocycles. The van der Waals surface area contributed by atoms with Gasteiger partial charge in [0.05, 0.1) is 17.6 Å². The molecular formula is C21H21N5O2S2. The second kappa shape index (κ2) is 9.73. The predicted molar refractivity (Wildman–Crippen MR) is 119 cm³/mol. The summed E-state index contributed by atoms with van der Waals surface area (Å²) >= 11 is 3.25. The van der Waals surface area contributed by atoms with E-state index in [1.807, 2.05) is 47.9 Å². The fourth-order valence-corrected chi connectivity index (χ4v) is 4.50. The Balaban J connectivity index is 1.40. The molecule has 7 nitrogen and oxygen atoms in total. The van der Waals surface area contributed by atoms with Gasteiger partial charge in [-0.25, -0.2) is 0 Å². The van der Waals surface area contributed by atoms with E-state index in [9.17, 15) is 0 Å². The summed E-state index contributed by atoms with van der Waals surface area (Å²) in [5.41, 5.74) is 0.910. The van der Waals surface area contributed by atoms with E-state index in [-0.39, 0.29) is 0 Å². The number of methoxy groups -OCH3 is 1. The van der Waals surface area contributed by atoms with Gasteiger partial charge in [0.1, 0.15) is 5.75 Å². The summed E-state index contributed by atoms with van der Waals surface area (Å²) in [5, 5.41) is 15.7. The SMILES string of the molecule is C=CCn1c(SCCCc2nc(-c3cccs3)no2)nnc1-c1ccccc1OC. The molecule has 0 aliphatic heterocycles. The molecule has 0 bridgehead atoms. The molecule has 4 rings (SSSR count). The van der Waals surface area contributed by atoms with Gasteiger partial charge in [-0.15, -0.1) is 28.1 Å². The maximum Gasteiger partial charge on any atom is 0.227 e. The summed E-state index contributed by atoms with van der Waals surface area (Å²) in [6, 6.07) is 11.8. The van der Waals surface area contributed by atoms with Crippen molar-refractivity contribution in [1.29, 1.82) is 0 Å². The lowest BCUT2D eigenvalue weighted by atomic mass is 10.2. The fraction of sp³-hybridized carbons (Fsp3) is 0.238. The van der Waals surface area contributed by atoms with Crippen LogP contribution in [0.5, 0.6) is 5.75 Å². The van der Waals surface area contributed by atoms with E-state index < -0.39 is 0 Å². The molecule has 4 aromatic rings. The first kappa shape index (κ1) is 20.4. The highest BCUT2D eigenvalue weighted by Crippen LogP contribution is 2.31. The highest BCUT2D eigenvalue weighted by Gasteiger charge is 2.17. The third-order valence-electron chi connectivity index (χ3n) is 4.35. The van der Waals surface area contributed by atoms with Crippen molar-refractivity contribution in [2.45, 2.75) is 24.5 Å². The highest BCUT2D eigenvalue weighted by atomic mass is 32.2. The quantitative estimate of drug-likeness (QED) is 0.196. The number of aromatic nitrogens is 5. The Morgan fingerprint density at radius 1 is 1.23 bits per heavy atom. The molecule has 0 amide bonds.